The van der Waals surface area contributed by atoms with E-state index in [0.717, 1.165) is 6.61 Å². The summed E-state index contributed by atoms with van der Waals surface area (Å²) in [6.07, 6.45) is 2.91. The summed E-state index contributed by atoms with van der Waals surface area (Å²) in [4.78, 5) is 2.91. The number of hydrogen-bond acceptors (Lipinski definition) is 2. The molecule has 1 saturated heterocycles. The highest BCUT2D eigenvalue weighted by Gasteiger charge is 2.25. The lowest BCUT2D eigenvalue weighted by molar-refractivity contribution is 0.418. The molecule has 1 aliphatic rings. The van der Waals surface area contributed by atoms with Gasteiger partial charge in [0, 0.05) is 9.75 Å². The number of aryl methyl sites for hydroxylation is 1. The number of ether oxygens (including phenoxy) is 1. The van der Waals surface area contributed by atoms with E-state index in [1.165, 1.54) is 22.6 Å². The van der Waals surface area contributed by atoms with Crippen LogP contribution in [-0.4, -0.2) is 6.61 Å². The van der Waals surface area contributed by atoms with Crippen molar-refractivity contribution in [3.8, 4) is 0 Å². The van der Waals surface area contributed by atoms with Crippen molar-refractivity contribution in [1.29, 1.82) is 0 Å². The maximum Gasteiger partial charge on any atom is 0.115 e. The van der Waals surface area contributed by atoms with Crippen molar-refractivity contribution in [3.05, 3.63) is 21.9 Å². The first-order chi connectivity index (χ1) is 5.40. The highest BCUT2D eigenvalue weighted by Crippen LogP contribution is 2.34. The highest BCUT2D eigenvalue weighted by atomic mass is 32.1. The van der Waals surface area contributed by atoms with E-state index in [1.807, 2.05) is 11.3 Å². The first-order valence-corrected chi connectivity index (χ1v) is 4.92. The van der Waals surface area contributed by atoms with Gasteiger partial charge in [-0.2, -0.15) is 0 Å². The molecule has 2 rings (SSSR count). The molecule has 60 valence electrons. The fraction of sp³-hybridized carbons (Fsp3) is 0.556. The van der Waals surface area contributed by atoms with Gasteiger partial charge in [0.2, 0.25) is 0 Å². The lowest BCUT2D eigenvalue weighted by Crippen LogP contribution is -1.72. The van der Waals surface area contributed by atoms with Gasteiger partial charge in [-0.05, 0) is 18.6 Å². The van der Waals surface area contributed by atoms with Crippen LogP contribution in [0.25, 0.3) is 0 Å². The predicted octanol–water partition coefficient (Wildman–Crippen LogP) is 2.77. The van der Waals surface area contributed by atoms with Gasteiger partial charge in [-0.3, -0.25) is 0 Å². The molecule has 0 spiro atoms. The molecule has 2 heterocycles. The van der Waals surface area contributed by atoms with Crippen LogP contribution in [0.15, 0.2) is 12.1 Å². The van der Waals surface area contributed by atoms with Crippen LogP contribution in [0.2, 0.25) is 0 Å². The van der Waals surface area contributed by atoms with E-state index in [1.54, 1.807) is 0 Å². The molecule has 11 heavy (non-hydrogen) atoms. The van der Waals surface area contributed by atoms with Crippen molar-refractivity contribution in [2.75, 3.05) is 6.61 Å². The minimum absolute atomic E-state index is 0.450. The third-order valence-electron chi connectivity index (χ3n) is 1.83. The quantitative estimate of drug-likeness (QED) is 0.632. The summed E-state index contributed by atoms with van der Waals surface area (Å²) in [5.74, 6) is 0. The molecule has 1 nitrogen and oxygen atoms in total. The molecular formula is C9H12OS. The zero-order chi connectivity index (χ0) is 7.68. The predicted molar refractivity (Wildman–Crippen MR) is 47.0 cm³/mol. The van der Waals surface area contributed by atoms with E-state index in [0.29, 0.717) is 6.10 Å². The summed E-state index contributed by atoms with van der Waals surface area (Å²) in [5, 5.41) is 0. The van der Waals surface area contributed by atoms with Crippen molar-refractivity contribution >= 4 is 11.3 Å². The molecule has 0 aliphatic carbocycles. The Kier molecular flexibility index (Phi) is 1.96. The molecule has 0 bridgehead atoms. The van der Waals surface area contributed by atoms with Gasteiger partial charge in [0.15, 0.2) is 0 Å². The van der Waals surface area contributed by atoms with E-state index >= 15 is 0 Å². The Balaban J connectivity index is 2.06. The molecule has 1 aromatic heterocycles. The second kappa shape index (κ2) is 2.95. The minimum Gasteiger partial charge on any atom is -0.367 e. The van der Waals surface area contributed by atoms with Gasteiger partial charge in [0.1, 0.15) is 6.10 Å². The molecule has 0 amide bonds. The van der Waals surface area contributed by atoms with Gasteiger partial charge in [-0.1, -0.05) is 13.3 Å². The Morgan fingerprint density at radius 3 is 3.09 bits per heavy atom. The topological polar surface area (TPSA) is 12.5 Å². The van der Waals surface area contributed by atoms with E-state index < -0.39 is 0 Å². The average molecular weight is 168 g/mol. The average Bonchev–Trinajstić information content (AvgIpc) is 2.75. The van der Waals surface area contributed by atoms with Crippen LogP contribution in [0.5, 0.6) is 0 Å². The van der Waals surface area contributed by atoms with E-state index in [4.69, 9.17) is 4.74 Å². The van der Waals surface area contributed by atoms with E-state index in [-0.39, 0.29) is 0 Å². The Hall–Kier alpha value is -0.340. The Labute approximate surface area is 71.0 Å². The van der Waals surface area contributed by atoms with Crippen LogP contribution in [-0.2, 0) is 11.2 Å². The van der Waals surface area contributed by atoms with E-state index in [2.05, 4.69) is 19.1 Å². The Morgan fingerprint density at radius 1 is 1.64 bits per heavy atom. The zero-order valence-electron chi connectivity index (χ0n) is 6.67. The number of epoxide rings is 1. The van der Waals surface area contributed by atoms with Gasteiger partial charge in [-0.15, -0.1) is 11.3 Å². The van der Waals surface area contributed by atoms with Crippen LogP contribution in [0.3, 0.4) is 0 Å². The number of hydrogen-bond donors (Lipinski definition) is 0. The molecule has 0 aromatic carbocycles. The minimum atomic E-state index is 0.450. The molecule has 1 aromatic rings. The van der Waals surface area contributed by atoms with Gasteiger partial charge < -0.3 is 4.74 Å². The first-order valence-electron chi connectivity index (χ1n) is 4.10. The van der Waals surface area contributed by atoms with Gasteiger partial charge in [0.25, 0.3) is 0 Å². The molecule has 0 unspecified atom stereocenters. The molecule has 1 fully saturated rings. The fourth-order valence-corrected chi connectivity index (χ4v) is 2.31. The van der Waals surface area contributed by atoms with Gasteiger partial charge in [0.05, 0.1) is 6.61 Å². The zero-order valence-corrected chi connectivity index (χ0v) is 7.49. The van der Waals surface area contributed by atoms with Crippen molar-refractivity contribution < 1.29 is 4.74 Å². The largest absolute Gasteiger partial charge is 0.367 e. The Bertz CT molecular complexity index is 237. The smallest absolute Gasteiger partial charge is 0.115 e. The molecule has 0 saturated carbocycles. The van der Waals surface area contributed by atoms with Crippen LogP contribution in [0.4, 0.5) is 0 Å². The SMILES string of the molecule is CCCc1ccc([C@H]2CO2)s1. The highest BCUT2D eigenvalue weighted by molar-refractivity contribution is 7.12. The molecule has 1 atom stereocenters. The normalized spacial score (nSPS) is 22.1. The summed E-state index contributed by atoms with van der Waals surface area (Å²) < 4.78 is 5.20. The third kappa shape index (κ3) is 1.63. The molecule has 1 aliphatic heterocycles. The molecular weight excluding hydrogens is 156 g/mol. The molecule has 2 heteroatoms. The lowest BCUT2D eigenvalue weighted by atomic mass is 10.3. The Morgan fingerprint density at radius 2 is 2.45 bits per heavy atom. The number of thiophene rings is 1. The standard InChI is InChI=1S/C9H12OS/c1-2-3-7-4-5-9(11-7)8-6-10-8/h4-5,8H,2-3,6H2,1H3/t8-/m1/s1. The van der Waals surface area contributed by atoms with Crippen LogP contribution in [0.1, 0.15) is 29.2 Å². The monoisotopic (exact) mass is 168 g/mol. The summed E-state index contributed by atoms with van der Waals surface area (Å²) in [7, 11) is 0. The maximum absolute atomic E-state index is 5.20. The molecule has 0 N–H and O–H groups in total. The van der Waals surface area contributed by atoms with Crippen molar-refractivity contribution in [2.45, 2.75) is 25.9 Å². The maximum atomic E-state index is 5.20. The second-order valence-corrected chi connectivity index (χ2v) is 4.08. The summed E-state index contributed by atoms with van der Waals surface area (Å²) in [6, 6.07) is 4.43. The van der Waals surface area contributed by atoms with Crippen LogP contribution in [0, 0.1) is 0 Å². The van der Waals surface area contributed by atoms with Crippen molar-refractivity contribution in [3.63, 3.8) is 0 Å². The van der Waals surface area contributed by atoms with Gasteiger partial charge >= 0.3 is 0 Å². The second-order valence-electron chi connectivity index (χ2n) is 2.88. The number of rotatable bonds is 3. The van der Waals surface area contributed by atoms with Gasteiger partial charge in [-0.25, -0.2) is 0 Å². The van der Waals surface area contributed by atoms with Crippen LogP contribution < -0.4 is 0 Å². The van der Waals surface area contributed by atoms with Crippen LogP contribution >= 0.6 is 11.3 Å². The summed E-state index contributed by atoms with van der Waals surface area (Å²) in [6.45, 7) is 3.15. The fourth-order valence-electron chi connectivity index (χ4n) is 1.16. The first kappa shape index (κ1) is 7.32. The van der Waals surface area contributed by atoms with Crippen molar-refractivity contribution in [2.24, 2.45) is 0 Å². The van der Waals surface area contributed by atoms with E-state index in [9.17, 15) is 0 Å². The third-order valence-corrected chi connectivity index (χ3v) is 3.07. The van der Waals surface area contributed by atoms with Crippen molar-refractivity contribution in [1.82, 2.24) is 0 Å². The summed E-state index contributed by atoms with van der Waals surface area (Å²) >= 11 is 1.90. The molecule has 0 radical (unpaired) electrons. The summed E-state index contributed by atoms with van der Waals surface area (Å²) in [5.41, 5.74) is 0. The lowest BCUT2D eigenvalue weighted by Gasteiger charge is -1.88.